The molecular formula is C4H8O5. The minimum absolute atomic E-state index is 1.03. The van der Waals surface area contributed by atoms with Crippen LogP contribution in [0.1, 0.15) is 0 Å². The number of carboxylic acid groups (broad SMARTS) is 2. The number of carbonyl (C=O) groups is 1. The Morgan fingerprint density at radius 1 is 1.44 bits per heavy atom. The summed E-state index contributed by atoms with van der Waals surface area (Å²) in [5.74, 6) is 0. The van der Waals surface area contributed by atoms with Crippen LogP contribution in [0, 0.1) is 0 Å². The second-order valence-electron chi connectivity index (χ2n) is 0.932. The minimum Gasteiger partial charge on any atom is -0.450 e. The van der Waals surface area contributed by atoms with E-state index < -0.39 is 12.4 Å². The zero-order valence-corrected chi connectivity index (χ0v) is 4.56. The summed E-state index contributed by atoms with van der Waals surface area (Å²) in [5, 5.41) is 29.5. The van der Waals surface area contributed by atoms with Crippen LogP contribution in [-0.4, -0.2) is 32.9 Å². The number of rotatable bonds is 1. The Hall–Kier alpha value is -1.07. The quantitative estimate of drug-likeness (QED) is 0.293. The van der Waals surface area contributed by atoms with Gasteiger partial charge in [0.25, 0.3) is 0 Å². The van der Waals surface area contributed by atoms with Crippen molar-refractivity contribution in [2.24, 2.45) is 0 Å². The molecule has 0 radical (unpaired) electrons. The van der Waals surface area contributed by atoms with Gasteiger partial charge in [0.1, 0.15) is 0 Å². The molecule has 0 saturated heterocycles. The molecule has 0 aromatic rings. The van der Waals surface area contributed by atoms with Crippen molar-refractivity contribution in [1.82, 2.24) is 0 Å². The molecule has 0 aromatic carbocycles. The van der Waals surface area contributed by atoms with Gasteiger partial charge < -0.3 is 20.4 Å². The molecular weight excluding hydrogens is 128 g/mol. The van der Waals surface area contributed by atoms with Gasteiger partial charge in [0.05, 0.1) is 0 Å². The normalized spacial score (nSPS) is 7.44. The van der Waals surface area contributed by atoms with Gasteiger partial charge in [-0.2, -0.15) is 0 Å². The molecule has 0 bridgehead atoms. The Labute approximate surface area is 51.5 Å². The Kier molecular flexibility index (Phi) is 8.34. The standard InChI is InChI=1S/C3H6O2.CH2O3/c1-2-3(4)5;2-1(3)4/h2-5H,1H2;(H2,2,3,4). The average molecular weight is 136 g/mol. The van der Waals surface area contributed by atoms with Gasteiger partial charge in [-0.1, -0.05) is 6.58 Å². The number of aliphatic hydroxyl groups is 2. The SMILES string of the molecule is C=CC(O)O.O=C(O)O. The van der Waals surface area contributed by atoms with E-state index in [-0.39, 0.29) is 0 Å². The molecule has 0 aliphatic heterocycles. The largest absolute Gasteiger partial charge is 0.503 e. The third-order valence-electron chi connectivity index (χ3n) is 0.211. The molecule has 0 heterocycles. The van der Waals surface area contributed by atoms with Crippen molar-refractivity contribution in [3.8, 4) is 0 Å². The maximum absolute atomic E-state index is 8.56. The summed E-state index contributed by atoms with van der Waals surface area (Å²) in [6.45, 7) is 3.06. The molecule has 0 aromatic heterocycles. The Morgan fingerprint density at radius 3 is 1.56 bits per heavy atom. The summed E-state index contributed by atoms with van der Waals surface area (Å²) in [5.41, 5.74) is 0. The second kappa shape index (κ2) is 6.93. The van der Waals surface area contributed by atoms with Crippen molar-refractivity contribution in [2.45, 2.75) is 6.29 Å². The van der Waals surface area contributed by atoms with Gasteiger partial charge in [-0.25, -0.2) is 4.79 Å². The molecule has 54 valence electrons. The van der Waals surface area contributed by atoms with Crippen LogP contribution >= 0.6 is 0 Å². The van der Waals surface area contributed by atoms with Gasteiger partial charge in [0.2, 0.25) is 0 Å². The van der Waals surface area contributed by atoms with Gasteiger partial charge in [-0.3, -0.25) is 0 Å². The molecule has 0 amide bonds. The van der Waals surface area contributed by atoms with E-state index in [9.17, 15) is 0 Å². The van der Waals surface area contributed by atoms with Gasteiger partial charge >= 0.3 is 6.16 Å². The molecule has 5 nitrogen and oxygen atoms in total. The van der Waals surface area contributed by atoms with E-state index in [4.69, 9.17) is 25.2 Å². The van der Waals surface area contributed by atoms with Crippen molar-refractivity contribution in [2.75, 3.05) is 0 Å². The monoisotopic (exact) mass is 136 g/mol. The topological polar surface area (TPSA) is 98.0 Å². The van der Waals surface area contributed by atoms with Crippen LogP contribution in [-0.2, 0) is 0 Å². The Balaban J connectivity index is 0. The van der Waals surface area contributed by atoms with E-state index in [1.807, 2.05) is 0 Å². The summed E-state index contributed by atoms with van der Waals surface area (Å²) in [6, 6.07) is 0. The third-order valence-corrected chi connectivity index (χ3v) is 0.211. The van der Waals surface area contributed by atoms with Gasteiger partial charge in [0, 0.05) is 0 Å². The molecule has 4 N–H and O–H groups in total. The van der Waals surface area contributed by atoms with Crippen molar-refractivity contribution < 1.29 is 25.2 Å². The second-order valence-corrected chi connectivity index (χ2v) is 0.932. The van der Waals surface area contributed by atoms with Gasteiger partial charge in [-0.15, -0.1) is 0 Å². The first-order valence-corrected chi connectivity index (χ1v) is 1.91. The molecule has 0 aliphatic rings. The van der Waals surface area contributed by atoms with Crippen molar-refractivity contribution in [3.05, 3.63) is 12.7 Å². The maximum atomic E-state index is 8.56. The van der Waals surface area contributed by atoms with E-state index in [1.54, 1.807) is 0 Å². The Bertz CT molecular complexity index is 83.0. The highest BCUT2D eigenvalue weighted by Gasteiger charge is 1.76. The number of hydrogen-bond donors (Lipinski definition) is 4. The molecule has 0 saturated carbocycles. The van der Waals surface area contributed by atoms with Crippen molar-refractivity contribution in [1.29, 1.82) is 0 Å². The predicted octanol–water partition coefficient (Wildman–Crippen LogP) is -0.295. The van der Waals surface area contributed by atoms with Crippen LogP contribution in [0.5, 0.6) is 0 Å². The van der Waals surface area contributed by atoms with Crippen molar-refractivity contribution >= 4 is 6.16 Å². The first-order valence-electron chi connectivity index (χ1n) is 1.91. The molecule has 0 atom stereocenters. The fourth-order valence-corrected chi connectivity index (χ4v) is 0. The molecule has 0 aliphatic carbocycles. The van der Waals surface area contributed by atoms with E-state index in [0.717, 1.165) is 6.08 Å². The predicted molar refractivity (Wildman–Crippen MR) is 29.1 cm³/mol. The summed E-state index contributed by atoms with van der Waals surface area (Å²) < 4.78 is 0. The van der Waals surface area contributed by atoms with Gasteiger partial charge in [0.15, 0.2) is 6.29 Å². The lowest BCUT2D eigenvalue weighted by atomic mass is 10.6. The zero-order valence-electron chi connectivity index (χ0n) is 4.56. The van der Waals surface area contributed by atoms with Gasteiger partial charge in [-0.05, 0) is 6.08 Å². The Morgan fingerprint density at radius 2 is 1.56 bits per heavy atom. The smallest absolute Gasteiger partial charge is 0.450 e. The molecule has 0 fully saturated rings. The highest BCUT2D eigenvalue weighted by Crippen LogP contribution is 1.67. The third kappa shape index (κ3) is 195. The molecule has 0 spiro atoms. The van der Waals surface area contributed by atoms with E-state index in [0.29, 0.717) is 0 Å². The van der Waals surface area contributed by atoms with Crippen LogP contribution in [0.25, 0.3) is 0 Å². The van der Waals surface area contributed by atoms with E-state index >= 15 is 0 Å². The summed E-state index contributed by atoms with van der Waals surface area (Å²) in [6.07, 6.45) is -2.16. The minimum atomic E-state index is -1.83. The lowest BCUT2D eigenvalue weighted by molar-refractivity contribution is 0.00265. The van der Waals surface area contributed by atoms with Crippen LogP contribution in [0.4, 0.5) is 4.79 Å². The molecule has 9 heavy (non-hydrogen) atoms. The fourth-order valence-electron chi connectivity index (χ4n) is 0. The van der Waals surface area contributed by atoms with Crippen molar-refractivity contribution in [3.63, 3.8) is 0 Å². The first-order chi connectivity index (χ1) is 4.00. The molecule has 0 rings (SSSR count). The highest BCUT2D eigenvalue weighted by molar-refractivity contribution is 5.53. The fraction of sp³-hybridized carbons (Fsp3) is 0.250. The lowest BCUT2D eigenvalue weighted by Gasteiger charge is -1.84. The summed E-state index contributed by atoms with van der Waals surface area (Å²) in [4.78, 5) is 8.56. The van der Waals surface area contributed by atoms with Crippen LogP contribution in [0.3, 0.4) is 0 Å². The highest BCUT2D eigenvalue weighted by atomic mass is 16.6. The lowest BCUT2D eigenvalue weighted by Crippen LogP contribution is -1.95. The summed E-state index contributed by atoms with van der Waals surface area (Å²) in [7, 11) is 0. The number of aliphatic hydroxyl groups excluding tert-OH is 1. The maximum Gasteiger partial charge on any atom is 0.503 e. The first kappa shape index (κ1) is 10.8. The molecule has 0 unspecified atom stereocenters. The van der Waals surface area contributed by atoms with Crippen LogP contribution < -0.4 is 0 Å². The average Bonchev–Trinajstić information content (AvgIpc) is 1.65. The summed E-state index contributed by atoms with van der Waals surface area (Å²) >= 11 is 0. The van der Waals surface area contributed by atoms with Crippen LogP contribution in [0.2, 0.25) is 0 Å². The van der Waals surface area contributed by atoms with E-state index in [2.05, 4.69) is 6.58 Å². The zero-order chi connectivity index (χ0) is 7.86. The van der Waals surface area contributed by atoms with Crippen LogP contribution in [0.15, 0.2) is 12.7 Å². The molecule has 5 heteroatoms. The van der Waals surface area contributed by atoms with E-state index in [1.165, 1.54) is 0 Å². The number of hydrogen-bond acceptors (Lipinski definition) is 3.